The first-order valence-electron chi connectivity index (χ1n) is 2.75. The Morgan fingerprint density at radius 3 is 2.55 bits per heavy atom. The molecule has 1 aromatic rings. The van der Waals surface area contributed by atoms with Crippen molar-refractivity contribution in [3.8, 4) is 0 Å². The van der Waals surface area contributed by atoms with Crippen LogP contribution in [0.5, 0.6) is 0 Å². The third kappa shape index (κ3) is 2.81. The molecule has 0 fully saturated rings. The summed E-state index contributed by atoms with van der Waals surface area (Å²) in [4.78, 5) is 3.81. The van der Waals surface area contributed by atoms with Crippen LogP contribution in [0, 0.1) is 6.92 Å². The summed E-state index contributed by atoms with van der Waals surface area (Å²) in [5, 5.41) is 0.310. The van der Waals surface area contributed by atoms with Crippen LogP contribution in [0.25, 0.3) is 0 Å². The minimum atomic E-state index is -3.21. The maximum atomic E-state index is 10.6. The number of hydrogen-bond acceptors (Lipinski definition) is 5. The van der Waals surface area contributed by atoms with Gasteiger partial charge in [0.15, 0.2) is 0 Å². The van der Waals surface area contributed by atoms with Gasteiger partial charge in [0.1, 0.15) is 5.82 Å². The van der Waals surface area contributed by atoms with Crippen molar-refractivity contribution in [3.05, 3.63) is 5.82 Å². The summed E-state index contributed by atoms with van der Waals surface area (Å²) in [6.07, 6.45) is 1.07. The summed E-state index contributed by atoms with van der Waals surface area (Å²) in [6.45, 7) is 1.70. The highest BCUT2D eigenvalue weighted by Gasteiger charge is 2.04. The van der Waals surface area contributed by atoms with Crippen molar-refractivity contribution < 1.29 is 8.42 Å². The number of rotatable bonds is 2. The zero-order valence-corrected chi connectivity index (χ0v) is 7.66. The van der Waals surface area contributed by atoms with Gasteiger partial charge < -0.3 is 0 Å². The van der Waals surface area contributed by atoms with Gasteiger partial charge in [-0.3, -0.25) is 4.72 Å². The van der Waals surface area contributed by atoms with Gasteiger partial charge in [-0.2, -0.15) is 4.37 Å². The third-order valence-electron chi connectivity index (χ3n) is 0.800. The minimum absolute atomic E-state index is 0.310. The predicted molar refractivity (Wildman–Crippen MR) is 43.1 cm³/mol. The average Bonchev–Trinajstić information content (AvgIpc) is 2.10. The van der Waals surface area contributed by atoms with Crippen molar-refractivity contribution in [1.82, 2.24) is 9.36 Å². The van der Waals surface area contributed by atoms with Gasteiger partial charge >= 0.3 is 0 Å². The van der Waals surface area contributed by atoms with Crippen LogP contribution in [0.2, 0.25) is 0 Å². The average molecular weight is 193 g/mol. The molecule has 5 nitrogen and oxygen atoms in total. The fraction of sp³-hybridized carbons (Fsp3) is 0.500. The van der Waals surface area contributed by atoms with E-state index in [1.54, 1.807) is 6.92 Å². The number of aryl methyl sites for hydroxylation is 1. The van der Waals surface area contributed by atoms with E-state index in [9.17, 15) is 8.42 Å². The first-order chi connectivity index (χ1) is 4.97. The minimum Gasteiger partial charge on any atom is -0.258 e. The normalized spacial score (nSPS) is 11.5. The van der Waals surface area contributed by atoms with Crippen LogP contribution in [-0.2, 0) is 10.0 Å². The predicted octanol–water partition coefficient (Wildman–Crippen LogP) is 0.218. The second-order valence-electron chi connectivity index (χ2n) is 2.02. The first-order valence-corrected chi connectivity index (χ1v) is 5.42. The van der Waals surface area contributed by atoms with E-state index >= 15 is 0 Å². The van der Waals surface area contributed by atoms with Crippen molar-refractivity contribution in [2.75, 3.05) is 11.0 Å². The van der Waals surface area contributed by atoms with Crippen LogP contribution < -0.4 is 4.72 Å². The Kier molecular flexibility index (Phi) is 2.10. The van der Waals surface area contributed by atoms with E-state index in [2.05, 4.69) is 14.1 Å². The maximum Gasteiger partial charge on any atom is 0.231 e. The monoisotopic (exact) mass is 193 g/mol. The van der Waals surface area contributed by atoms with Crippen LogP contribution in [-0.4, -0.2) is 24.0 Å². The summed E-state index contributed by atoms with van der Waals surface area (Å²) in [7, 11) is -3.21. The van der Waals surface area contributed by atoms with E-state index in [0.717, 1.165) is 17.8 Å². The molecule has 0 radical (unpaired) electrons. The smallest absolute Gasteiger partial charge is 0.231 e. The largest absolute Gasteiger partial charge is 0.258 e. The maximum absolute atomic E-state index is 10.6. The Morgan fingerprint density at radius 1 is 1.55 bits per heavy atom. The second-order valence-corrected chi connectivity index (χ2v) is 4.52. The molecule has 0 saturated carbocycles. The van der Waals surface area contributed by atoms with E-state index in [1.165, 1.54) is 0 Å². The van der Waals surface area contributed by atoms with Crippen molar-refractivity contribution in [1.29, 1.82) is 0 Å². The molecule has 0 unspecified atom stereocenters. The van der Waals surface area contributed by atoms with Crippen molar-refractivity contribution in [2.45, 2.75) is 6.92 Å². The molecule has 0 amide bonds. The highest BCUT2D eigenvalue weighted by Crippen LogP contribution is 2.10. The van der Waals surface area contributed by atoms with Gasteiger partial charge in [-0.25, -0.2) is 13.4 Å². The third-order valence-corrected chi connectivity index (χ3v) is 2.22. The number of nitrogens with one attached hydrogen (secondary N) is 1. The molecular weight excluding hydrogens is 186 g/mol. The van der Waals surface area contributed by atoms with Crippen LogP contribution in [0.1, 0.15) is 5.82 Å². The molecule has 0 aliphatic carbocycles. The number of nitrogens with zero attached hydrogens (tertiary/aromatic N) is 2. The van der Waals surface area contributed by atoms with Gasteiger partial charge in [-0.05, 0) is 6.92 Å². The lowest BCUT2D eigenvalue weighted by molar-refractivity contribution is 0.607. The molecule has 1 aromatic heterocycles. The summed E-state index contributed by atoms with van der Waals surface area (Å²) in [5.74, 6) is 0.571. The molecule has 1 rings (SSSR count). The Bertz CT molecular complexity index is 342. The van der Waals surface area contributed by atoms with E-state index in [-0.39, 0.29) is 0 Å². The molecule has 0 bridgehead atoms. The standard InChI is InChI=1S/C4H7N3O2S2/c1-3-5-4(10-6-3)7-11(2,8)9/h1-2H3,(H,5,6,7). The summed E-state index contributed by atoms with van der Waals surface area (Å²) in [6, 6.07) is 0. The van der Waals surface area contributed by atoms with Gasteiger partial charge in [0.2, 0.25) is 15.2 Å². The molecule has 0 spiro atoms. The van der Waals surface area contributed by atoms with Crippen LogP contribution in [0.4, 0.5) is 5.13 Å². The molecule has 0 aromatic carbocycles. The molecule has 1 heterocycles. The lowest BCUT2D eigenvalue weighted by atomic mass is 10.8. The Balaban J connectivity index is 2.81. The summed E-state index contributed by atoms with van der Waals surface area (Å²) >= 11 is 1.03. The van der Waals surface area contributed by atoms with Crippen molar-refractivity contribution in [2.24, 2.45) is 0 Å². The van der Waals surface area contributed by atoms with Gasteiger partial charge in [0.25, 0.3) is 0 Å². The van der Waals surface area contributed by atoms with Crippen molar-refractivity contribution in [3.63, 3.8) is 0 Å². The lowest BCUT2D eigenvalue weighted by Crippen LogP contribution is -2.08. The van der Waals surface area contributed by atoms with E-state index < -0.39 is 10.0 Å². The lowest BCUT2D eigenvalue weighted by Gasteiger charge is -1.94. The zero-order chi connectivity index (χ0) is 8.48. The summed E-state index contributed by atoms with van der Waals surface area (Å²) < 4.78 is 27.3. The fourth-order valence-corrected chi connectivity index (χ4v) is 1.90. The molecule has 0 aliphatic heterocycles. The SMILES string of the molecule is Cc1nsc(NS(C)(=O)=O)n1. The van der Waals surface area contributed by atoms with Gasteiger partial charge in [-0.15, -0.1) is 0 Å². The first kappa shape index (κ1) is 8.41. The number of anilines is 1. The van der Waals surface area contributed by atoms with Crippen LogP contribution in [0.15, 0.2) is 0 Å². The molecule has 11 heavy (non-hydrogen) atoms. The zero-order valence-electron chi connectivity index (χ0n) is 6.03. The fourth-order valence-electron chi connectivity index (χ4n) is 0.497. The van der Waals surface area contributed by atoms with Gasteiger partial charge in [-0.1, -0.05) is 0 Å². The van der Waals surface area contributed by atoms with Gasteiger partial charge in [0, 0.05) is 11.5 Å². The Hall–Kier alpha value is -0.690. The van der Waals surface area contributed by atoms with Gasteiger partial charge in [0.05, 0.1) is 6.26 Å². The topological polar surface area (TPSA) is 72.0 Å². The highest BCUT2D eigenvalue weighted by molar-refractivity contribution is 7.92. The number of aromatic nitrogens is 2. The van der Waals surface area contributed by atoms with E-state index in [4.69, 9.17) is 0 Å². The quantitative estimate of drug-likeness (QED) is 0.729. The number of hydrogen-bond donors (Lipinski definition) is 1. The van der Waals surface area contributed by atoms with Crippen molar-refractivity contribution >= 4 is 26.7 Å². The Labute approximate surface area is 68.7 Å². The molecule has 0 atom stereocenters. The Morgan fingerprint density at radius 2 is 2.18 bits per heavy atom. The van der Waals surface area contributed by atoms with E-state index in [0.29, 0.717) is 11.0 Å². The molecular formula is C4H7N3O2S2. The van der Waals surface area contributed by atoms with E-state index in [1.807, 2.05) is 0 Å². The molecule has 0 aliphatic rings. The second kappa shape index (κ2) is 2.74. The molecule has 7 heteroatoms. The molecule has 1 N–H and O–H groups in total. The highest BCUT2D eigenvalue weighted by atomic mass is 32.2. The van der Waals surface area contributed by atoms with Crippen LogP contribution >= 0.6 is 11.5 Å². The molecule has 62 valence electrons. The number of sulfonamides is 1. The van der Waals surface area contributed by atoms with Crippen LogP contribution in [0.3, 0.4) is 0 Å². The molecule has 0 saturated heterocycles. The summed E-state index contributed by atoms with van der Waals surface area (Å²) in [5.41, 5.74) is 0.